The molecule has 0 saturated carbocycles. The number of benzene rings is 1. The molecule has 100 valence electrons. The number of pyridine rings is 1. The molecule has 1 unspecified atom stereocenters. The van der Waals surface area contributed by atoms with Crippen molar-refractivity contribution in [2.75, 3.05) is 5.73 Å². The largest absolute Gasteiger partial charge is 0.398 e. The fraction of sp³-hybridized carbons (Fsp3) is 0.235. The second kappa shape index (κ2) is 4.37. The maximum atomic E-state index is 5.91. The number of hydrogen-bond donors (Lipinski definition) is 1. The van der Waals surface area contributed by atoms with E-state index in [1.807, 2.05) is 18.3 Å². The van der Waals surface area contributed by atoms with Crippen molar-refractivity contribution < 1.29 is 0 Å². The fourth-order valence-electron chi connectivity index (χ4n) is 3.23. The third-order valence-corrected chi connectivity index (χ3v) is 4.26. The monoisotopic (exact) mass is 263 g/mol. The average Bonchev–Trinajstić information content (AvgIpc) is 2.85. The Balaban J connectivity index is 1.78. The summed E-state index contributed by atoms with van der Waals surface area (Å²) < 4.78 is 2.17. The second-order valence-corrected chi connectivity index (χ2v) is 5.55. The number of imidazole rings is 1. The van der Waals surface area contributed by atoms with Gasteiger partial charge in [0.15, 0.2) is 0 Å². The van der Waals surface area contributed by atoms with E-state index in [0.29, 0.717) is 5.92 Å². The van der Waals surface area contributed by atoms with E-state index in [2.05, 4.69) is 34.7 Å². The summed E-state index contributed by atoms with van der Waals surface area (Å²) in [6.07, 6.45) is 5.27. The van der Waals surface area contributed by atoms with E-state index in [9.17, 15) is 0 Å². The van der Waals surface area contributed by atoms with Crippen LogP contribution in [0.15, 0.2) is 48.7 Å². The van der Waals surface area contributed by atoms with E-state index < -0.39 is 0 Å². The zero-order valence-electron chi connectivity index (χ0n) is 11.3. The van der Waals surface area contributed by atoms with Crippen LogP contribution in [0.1, 0.15) is 29.3 Å². The van der Waals surface area contributed by atoms with Crippen LogP contribution < -0.4 is 5.73 Å². The van der Waals surface area contributed by atoms with Crippen molar-refractivity contribution in [3.8, 4) is 0 Å². The summed E-state index contributed by atoms with van der Waals surface area (Å²) in [6, 6.07) is 14.7. The number of anilines is 1. The number of hydrogen-bond acceptors (Lipinski definition) is 2. The molecular formula is C17H17N3. The van der Waals surface area contributed by atoms with Gasteiger partial charge in [0.1, 0.15) is 5.65 Å². The lowest BCUT2D eigenvalue weighted by molar-refractivity contribution is 0.568. The summed E-state index contributed by atoms with van der Waals surface area (Å²) in [5.41, 5.74) is 11.7. The number of nitrogens with two attached hydrogens (primary N) is 1. The number of rotatable bonds is 1. The first kappa shape index (κ1) is 11.5. The van der Waals surface area contributed by atoms with E-state index in [-0.39, 0.29) is 0 Å². The van der Waals surface area contributed by atoms with Crippen LogP contribution in [0.25, 0.3) is 5.65 Å². The van der Waals surface area contributed by atoms with Crippen molar-refractivity contribution in [1.82, 2.24) is 9.38 Å². The van der Waals surface area contributed by atoms with Gasteiger partial charge in [-0.05, 0) is 42.9 Å². The zero-order valence-corrected chi connectivity index (χ0v) is 11.3. The minimum atomic E-state index is 0.588. The first-order chi connectivity index (χ1) is 9.81. The fourth-order valence-corrected chi connectivity index (χ4v) is 3.23. The van der Waals surface area contributed by atoms with Crippen molar-refractivity contribution in [3.63, 3.8) is 0 Å². The van der Waals surface area contributed by atoms with Crippen LogP contribution in [-0.2, 0) is 12.8 Å². The zero-order chi connectivity index (χ0) is 13.5. The number of nitrogen functional groups attached to an aromatic ring is 1. The predicted molar refractivity (Wildman–Crippen MR) is 80.8 cm³/mol. The Hall–Kier alpha value is -2.29. The molecule has 0 amide bonds. The Labute approximate surface area is 118 Å². The quantitative estimate of drug-likeness (QED) is 0.732. The van der Waals surface area contributed by atoms with Gasteiger partial charge in [-0.15, -0.1) is 0 Å². The Bertz CT molecular complexity index is 759. The minimum Gasteiger partial charge on any atom is -0.398 e. The molecule has 3 aromatic rings. The third-order valence-electron chi connectivity index (χ3n) is 4.26. The molecule has 0 spiro atoms. The number of aryl methyl sites for hydroxylation is 1. The van der Waals surface area contributed by atoms with Gasteiger partial charge in [-0.3, -0.25) is 0 Å². The number of aromatic nitrogens is 2. The van der Waals surface area contributed by atoms with Crippen LogP contribution in [0.5, 0.6) is 0 Å². The molecule has 2 aromatic heterocycles. The Morgan fingerprint density at radius 3 is 2.80 bits per heavy atom. The molecule has 4 rings (SSSR count). The maximum absolute atomic E-state index is 5.91. The summed E-state index contributed by atoms with van der Waals surface area (Å²) in [4.78, 5) is 4.73. The minimum absolute atomic E-state index is 0.588. The Kier molecular flexibility index (Phi) is 2.52. The third kappa shape index (κ3) is 1.78. The molecule has 0 bridgehead atoms. The Morgan fingerprint density at radius 2 is 1.95 bits per heavy atom. The van der Waals surface area contributed by atoms with Crippen LogP contribution >= 0.6 is 0 Å². The van der Waals surface area contributed by atoms with E-state index in [1.165, 1.54) is 23.4 Å². The Morgan fingerprint density at radius 1 is 1.10 bits per heavy atom. The van der Waals surface area contributed by atoms with E-state index in [4.69, 9.17) is 10.7 Å². The van der Waals surface area contributed by atoms with Gasteiger partial charge >= 0.3 is 0 Å². The number of nitrogens with zero attached hydrogens (tertiary/aromatic N) is 2. The molecule has 3 nitrogen and oxygen atoms in total. The van der Waals surface area contributed by atoms with Crippen LogP contribution in [0, 0.1) is 0 Å². The molecule has 3 heteroatoms. The molecule has 2 heterocycles. The molecule has 0 radical (unpaired) electrons. The molecule has 2 N–H and O–H groups in total. The SMILES string of the molecule is Nc1ccc2nc3c(n2c1)CC(c1ccccc1)CC3. The van der Waals surface area contributed by atoms with Gasteiger partial charge in [-0.1, -0.05) is 30.3 Å². The average molecular weight is 263 g/mol. The van der Waals surface area contributed by atoms with Gasteiger partial charge in [0.2, 0.25) is 0 Å². The van der Waals surface area contributed by atoms with Crippen LogP contribution in [0.4, 0.5) is 5.69 Å². The predicted octanol–water partition coefficient (Wildman–Crippen LogP) is 3.19. The highest BCUT2D eigenvalue weighted by Crippen LogP contribution is 2.33. The molecule has 0 aliphatic heterocycles. The van der Waals surface area contributed by atoms with Gasteiger partial charge in [-0.25, -0.2) is 4.98 Å². The number of fused-ring (bicyclic) bond motifs is 3. The highest BCUT2D eigenvalue weighted by atomic mass is 15.0. The van der Waals surface area contributed by atoms with Crippen molar-refractivity contribution in [2.24, 2.45) is 0 Å². The van der Waals surface area contributed by atoms with Crippen molar-refractivity contribution in [2.45, 2.75) is 25.2 Å². The summed E-state index contributed by atoms with van der Waals surface area (Å²) in [7, 11) is 0. The van der Waals surface area contributed by atoms with E-state index >= 15 is 0 Å². The van der Waals surface area contributed by atoms with Gasteiger partial charge in [0.05, 0.1) is 5.69 Å². The smallest absolute Gasteiger partial charge is 0.137 e. The maximum Gasteiger partial charge on any atom is 0.137 e. The lowest BCUT2D eigenvalue weighted by atomic mass is 9.84. The molecule has 20 heavy (non-hydrogen) atoms. The van der Waals surface area contributed by atoms with E-state index in [0.717, 1.165) is 24.2 Å². The normalized spacial score (nSPS) is 18.1. The lowest BCUT2D eigenvalue weighted by Gasteiger charge is -2.22. The molecule has 1 atom stereocenters. The van der Waals surface area contributed by atoms with Gasteiger partial charge < -0.3 is 10.1 Å². The van der Waals surface area contributed by atoms with Crippen molar-refractivity contribution in [1.29, 1.82) is 0 Å². The highest BCUT2D eigenvalue weighted by Gasteiger charge is 2.24. The highest BCUT2D eigenvalue weighted by molar-refractivity contribution is 5.51. The standard InChI is InChI=1S/C17H17N3/c18-14-7-9-17-19-15-8-6-13(10-16(15)20(17)11-14)12-4-2-1-3-5-12/h1-5,7,9,11,13H,6,8,10,18H2. The molecule has 1 aliphatic rings. The van der Waals surface area contributed by atoms with Gasteiger partial charge in [-0.2, -0.15) is 0 Å². The molecule has 1 aromatic carbocycles. The molecule has 0 fully saturated rings. The van der Waals surface area contributed by atoms with Crippen LogP contribution in [-0.4, -0.2) is 9.38 Å². The van der Waals surface area contributed by atoms with Gasteiger partial charge in [0.25, 0.3) is 0 Å². The second-order valence-electron chi connectivity index (χ2n) is 5.55. The topological polar surface area (TPSA) is 43.3 Å². The summed E-state index contributed by atoms with van der Waals surface area (Å²) >= 11 is 0. The molecular weight excluding hydrogens is 246 g/mol. The molecule has 0 saturated heterocycles. The summed E-state index contributed by atoms with van der Waals surface area (Å²) in [5, 5.41) is 0. The molecule has 1 aliphatic carbocycles. The first-order valence-corrected chi connectivity index (χ1v) is 7.11. The van der Waals surface area contributed by atoms with E-state index in [1.54, 1.807) is 0 Å². The van der Waals surface area contributed by atoms with Crippen molar-refractivity contribution in [3.05, 3.63) is 65.6 Å². The van der Waals surface area contributed by atoms with Gasteiger partial charge in [0, 0.05) is 17.6 Å². The summed E-state index contributed by atoms with van der Waals surface area (Å²) in [6.45, 7) is 0. The first-order valence-electron chi connectivity index (χ1n) is 7.11. The lowest BCUT2D eigenvalue weighted by Crippen LogP contribution is -2.13. The van der Waals surface area contributed by atoms with Crippen molar-refractivity contribution >= 4 is 11.3 Å². The van der Waals surface area contributed by atoms with Crippen LogP contribution in [0.2, 0.25) is 0 Å². The van der Waals surface area contributed by atoms with Crippen LogP contribution in [0.3, 0.4) is 0 Å². The summed E-state index contributed by atoms with van der Waals surface area (Å²) in [5.74, 6) is 0.588.